The van der Waals surface area contributed by atoms with Gasteiger partial charge in [0.1, 0.15) is 11.4 Å². The van der Waals surface area contributed by atoms with Crippen molar-refractivity contribution in [2.75, 3.05) is 6.54 Å². The standard InChI is InChI=1S/C20H15BrFNO3/c1-2-9-23(12-13-10-14(21)7-8-16(13)22)20(25)19-11-17(24)15-5-3-4-6-18(15)26-19/h2-8,10-11H,1,9,12H2. The van der Waals surface area contributed by atoms with Gasteiger partial charge in [-0.1, -0.05) is 34.1 Å². The van der Waals surface area contributed by atoms with Crippen LogP contribution in [0, 0.1) is 5.82 Å². The lowest BCUT2D eigenvalue weighted by molar-refractivity contribution is 0.0730. The van der Waals surface area contributed by atoms with Crippen LogP contribution in [-0.2, 0) is 6.54 Å². The monoisotopic (exact) mass is 415 g/mol. The third-order valence-electron chi connectivity index (χ3n) is 3.85. The molecule has 0 aliphatic heterocycles. The highest BCUT2D eigenvalue weighted by Crippen LogP contribution is 2.19. The summed E-state index contributed by atoms with van der Waals surface area (Å²) in [6.45, 7) is 3.84. The summed E-state index contributed by atoms with van der Waals surface area (Å²) in [5.74, 6) is -1.02. The van der Waals surface area contributed by atoms with Gasteiger partial charge < -0.3 is 9.32 Å². The molecule has 2 aromatic carbocycles. The molecule has 0 atom stereocenters. The Kier molecular flexibility index (Phi) is 5.32. The molecule has 0 N–H and O–H groups in total. The predicted octanol–water partition coefficient (Wildman–Crippen LogP) is 4.52. The third-order valence-corrected chi connectivity index (χ3v) is 4.34. The second kappa shape index (κ2) is 7.66. The average molecular weight is 416 g/mol. The number of nitrogens with zero attached hydrogens (tertiary/aromatic N) is 1. The average Bonchev–Trinajstić information content (AvgIpc) is 2.63. The molecule has 132 valence electrons. The largest absolute Gasteiger partial charge is 0.451 e. The van der Waals surface area contributed by atoms with Gasteiger partial charge in [-0.3, -0.25) is 9.59 Å². The zero-order valence-electron chi connectivity index (χ0n) is 13.7. The van der Waals surface area contributed by atoms with E-state index in [1.54, 1.807) is 36.4 Å². The predicted molar refractivity (Wildman–Crippen MR) is 102 cm³/mol. The molecule has 1 amide bonds. The maximum Gasteiger partial charge on any atom is 0.290 e. The Morgan fingerprint density at radius 3 is 2.77 bits per heavy atom. The van der Waals surface area contributed by atoms with Crippen LogP contribution in [0.4, 0.5) is 4.39 Å². The van der Waals surface area contributed by atoms with Gasteiger partial charge in [0, 0.05) is 29.2 Å². The van der Waals surface area contributed by atoms with Crippen molar-refractivity contribution in [2.45, 2.75) is 6.54 Å². The molecule has 0 spiro atoms. The van der Waals surface area contributed by atoms with Crippen LogP contribution in [-0.4, -0.2) is 17.4 Å². The van der Waals surface area contributed by atoms with Crippen LogP contribution in [0.15, 0.2) is 74.9 Å². The van der Waals surface area contributed by atoms with E-state index in [4.69, 9.17) is 4.42 Å². The van der Waals surface area contributed by atoms with E-state index >= 15 is 0 Å². The van der Waals surface area contributed by atoms with Crippen molar-refractivity contribution in [3.05, 3.63) is 93.0 Å². The first-order valence-corrected chi connectivity index (χ1v) is 8.66. The summed E-state index contributed by atoms with van der Waals surface area (Å²) in [5, 5.41) is 0.400. The molecule has 0 aliphatic carbocycles. The number of rotatable bonds is 5. The minimum atomic E-state index is -0.507. The van der Waals surface area contributed by atoms with E-state index in [1.807, 2.05) is 0 Å². The molecule has 26 heavy (non-hydrogen) atoms. The van der Waals surface area contributed by atoms with E-state index in [-0.39, 0.29) is 24.3 Å². The number of carbonyl (C=O) groups is 1. The first-order chi connectivity index (χ1) is 12.5. The van der Waals surface area contributed by atoms with Gasteiger partial charge in [-0.25, -0.2) is 4.39 Å². The van der Waals surface area contributed by atoms with Gasteiger partial charge >= 0.3 is 0 Å². The first-order valence-electron chi connectivity index (χ1n) is 7.86. The molecule has 0 bridgehead atoms. The van der Waals surface area contributed by atoms with E-state index in [9.17, 15) is 14.0 Å². The highest BCUT2D eigenvalue weighted by molar-refractivity contribution is 9.10. The number of fused-ring (bicyclic) bond motifs is 1. The third kappa shape index (κ3) is 3.75. The quantitative estimate of drug-likeness (QED) is 0.575. The highest BCUT2D eigenvalue weighted by atomic mass is 79.9. The summed E-state index contributed by atoms with van der Waals surface area (Å²) in [6.07, 6.45) is 1.53. The van der Waals surface area contributed by atoms with Crippen molar-refractivity contribution in [3.63, 3.8) is 0 Å². The van der Waals surface area contributed by atoms with Crippen LogP contribution in [0.25, 0.3) is 11.0 Å². The Hall–Kier alpha value is -2.73. The summed E-state index contributed by atoms with van der Waals surface area (Å²) >= 11 is 3.29. The smallest absolute Gasteiger partial charge is 0.290 e. The SMILES string of the molecule is C=CCN(Cc1cc(Br)ccc1F)C(=O)c1cc(=O)c2ccccc2o1. The molecule has 6 heteroatoms. The normalized spacial score (nSPS) is 10.7. The Balaban J connectivity index is 1.97. The van der Waals surface area contributed by atoms with Gasteiger partial charge in [0.05, 0.1) is 5.39 Å². The second-order valence-electron chi connectivity index (χ2n) is 5.68. The molecular weight excluding hydrogens is 401 g/mol. The number of carbonyl (C=O) groups excluding carboxylic acids is 1. The summed E-state index contributed by atoms with van der Waals surface area (Å²) < 4.78 is 20.4. The van der Waals surface area contributed by atoms with Gasteiger partial charge in [-0.2, -0.15) is 0 Å². The minimum Gasteiger partial charge on any atom is -0.451 e. The lowest BCUT2D eigenvalue weighted by Crippen LogP contribution is -2.31. The number of hydrogen-bond acceptors (Lipinski definition) is 3. The summed E-state index contributed by atoms with van der Waals surface area (Å²) in [7, 11) is 0. The van der Waals surface area contributed by atoms with E-state index in [2.05, 4.69) is 22.5 Å². The maximum atomic E-state index is 14.1. The zero-order valence-corrected chi connectivity index (χ0v) is 15.3. The summed E-state index contributed by atoms with van der Waals surface area (Å²) in [6, 6.07) is 12.4. The van der Waals surface area contributed by atoms with Crippen LogP contribution in [0.1, 0.15) is 16.1 Å². The fourth-order valence-corrected chi connectivity index (χ4v) is 3.02. The van der Waals surface area contributed by atoms with Crippen molar-refractivity contribution in [1.82, 2.24) is 4.90 Å². The van der Waals surface area contributed by atoms with E-state index < -0.39 is 11.7 Å². The second-order valence-corrected chi connectivity index (χ2v) is 6.60. The number of halogens is 2. The van der Waals surface area contributed by atoms with Crippen LogP contribution < -0.4 is 5.43 Å². The lowest BCUT2D eigenvalue weighted by atomic mass is 10.2. The molecule has 1 aromatic heterocycles. The molecule has 3 aromatic rings. The molecule has 4 nitrogen and oxygen atoms in total. The highest BCUT2D eigenvalue weighted by Gasteiger charge is 2.20. The van der Waals surface area contributed by atoms with Crippen molar-refractivity contribution in [2.24, 2.45) is 0 Å². The Morgan fingerprint density at radius 1 is 1.23 bits per heavy atom. The molecule has 0 saturated heterocycles. The van der Waals surface area contributed by atoms with Crippen LogP contribution in [0.3, 0.4) is 0 Å². The Morgan fingerprint density at radius 2 is 2.00 bits per heavy atom. The molecular formula is C20H15BrFNO3. The van der Waals surface area contributed by atoms with E-state index in [0.29, 0.717) is 21.0 Å². The van der Waals surface area contributed by atoms with Crippen LogP contribution >= 0.6 is 15.9 Å². The van der Waals surface area contributed by atoms with Crippen LogP contribution in [0.5, 0.6) is 0 Å². The topological polar surface area (TPSA) is 50.5 Å². The van der Waals surface area contributed by atoms with Crippen LogP contribution in [0.2, 0.25) is 0 Å². The number of benzene rings is 2. The van der Waals surface area contributed by atoms with Gasteiger partial charge in [0.25, 0.3) is 5.91 Å². The molecule has 0 radical (unpaired) electrons. The number of hydrogen-bond donors (Lipinski definition) is 0. The molecule has 0 aliphatic rings. The fourth-order valence-electron chi connectivity index (χ4n) is 2.61. The molecule has 1 heterocycles. The summed E-state index contributed by atoms with van der Waals surface area (Å²) in [4.78, 5) is 26.4. The van der Waals surface area contributed by atoms with Crippen molar-refractivity contribution in [1.29, 1.82) is 0 Å². The molecule has 0 unspecified atom stereocenters. The summed E-state index contributed by atoms with van der Waals surface area (Å²) in [5.41, 5.74) is 0.371. The van der Waals surface area contributed by atoms with Crippen molar-refractivity contribution >= 4 is 32.8 Å². The zero-order chi connectivity index (χ0) is 18.7. The Bertz CT molecular complexity index is 1040. The van der Waals surface area contributed by atoms with E-state index in [0.717, 1.165) is 6.07 Å². The molecule has 0 fully saturated rings. The van der Waals surface area contributed by atoms with E-state index in [1.165, 1.54) is 17.0 Å². The van der Waals surface area contributed by atoms with Gasteiger partial charge in [0.2, 0.25) is 0 Å². The Labute approximate surface area is 157 Å². The van der Waals surface area contributed by atoms with Crippen molar-refractivity contribution in [3.8, 4) is 0 Å². The lowest BCUT2D eigenvalue weighted by Gasteiger charge is -2.21. The maximum absolute atomic E-state index is 14.1. The number of para-hydroxylation sites is 1. The fraction of sp³-hybridized carbons (Fsp3) is 0.100. The van der Waals surface area contributed by atoms with Crippen molar-refractivity contribution < 1.29 is 13.6 Å². The van der Waals surface area contributed by atoms with Gasteiger partial charge in [-0.15, -0.1) is 6.58 Å². The molecule has 0 saturated carbocycles. The molecule has 3 rings (SSSR count). The van der Waals surface area contributed by atoms with Gasteiger partial charge in [-0.05, 0) is 30.3 Å². The minimum absolute atomic E-state index is 0.0205. The first kappa shape index (κ1) is 18.1. The number of amides is 1. The van der Waals surface area contributed by atoms with Gasteiger partial charge in [0.15, 0.2) is 11.2 Å².